The van der Waals surface area contributed by atoms with Crippen LogP contribution >= 0.6 is 11.6 Å². The molecule has 1 aliphatic rings. The van der Waals surface area contributed by atoms with E-state index in [1.54, 1.807) is 12.1 Å². The molecule has 1 heterocycles. The van der Waals surface area contributed by atoms with Crippen molar-refractivity contribution in [2.45, 2.75) is 42.4 Å². The van der Waals surface area contributed by atoms with Crippen LogP contribution in [0.2, 0.25) is 5.02 Å². The van der Waals surface area contributed by atoms with Crippen LogP contribution in [0, 0.1) is 6.92 Å². The summed E-state index contributed by atoms with van der Waals surface area (Å²) in [7, 11) is -7.43. The Morgan fingerprint density at radius 1 is 0.811 bits per heavy atom. The molecule has 196 valence electrons. The lowest BCUT2D eigenvalue weighted by molar-refractivity contribution is 0.102. The molecule has 3 aromatic carbocycles. The number of aryl methyl sites for hydroxylation is 1. The highest BCUT2D eigenvalue weighted by atomic mass is 35.5. The highest BCUT2D eigenvalue weighted by molar-refractivity contribution is 7.92. The summed E-state index contributed by atoms with van der Waals surface area (Å²) in [5.41, 5.74) is 1.70. The highest BCUT2D eigenvalue weighted by Crippen LogP contribution is 2.27. The Morgan fingerprint density at radius 2 is 1.41 bits per heavy atom. The number of hydrogen-bond acceptors (Lipinski definition) is 5. The minimum atomic E-state index is -3.85. The fourth-order valence-corrected chi connectivity index (χ4v) is 6.89. The van der Waals surface area contributed by atoms with Gasteiger partial charge in [0, 0.05) is 24.3 Å². The first-order valence-corrected chi connectivity index (χ1v) is 15.2. The van der Waals surface area contributed by atoms with Crippen LogP contribution in [0.5, 0.6) is 0 Å². The molecule has 0 saturated carbocycles. The maximum absolute atomic E-state index is 12.9. The van der Waals surface area contributed by atoms with Crippen molar-refractivity contribution in [3.63, 3.8) is 0 Å². The van der Waals surface area contributed by atoms with E-state index in [1.807, 2.05) is 6.92 Å². The molecule has 1 fully saturated rings. The lowest BCUT2D eigenvalue weighted by atomic mass is 10.2. The topological polar surface area (TPSA) is 113 Å². The van der Waals surface area contributed by atoms with Crippen molar-refractivity contribution < 1.29 is 21.6 Å². The van der Waals surface area contributed by atoms with Crippen LogP contribution in [-0.2, 0) is 20.0 Å². The van der Waals surface area contributed by atoms with Crippen LogP contribution in [0.25, 0.3) is 0 Å². The summed E-state index contributed by atoms with van der Waals surface area (Å²) in [5.74, 6) is -0.474. The number of sulfonamides is 2. The van der Waals surface area contributed by atoms with Crippen molar-refractivity contribution in [3.8, 4) is 0 Å². The molecule has 3 aromatic rings. The quantitative estimate of drug-likeness (QED) is 0.408. The van der Waals surface area contributed by atoms with Crippen LogP contribution in [0.3, 0.4) is 0 Å². The molecular weight excluding hydrogens is 534 g/mol. The van der Waals surface area contributed by atoms with E-state index in [9.17, 15) is 21.6 Å². The molecule has 8 nitrogen and oxygen atoms in total. The fourth-order valence-electron chi connectivity index (χ4n) is 4.00. The van der Waals surface area contributed by atoms with E-state index in [0.29, 0.717) is 18.8 Å². The number of rotatable bonds is 7. The fraction of sp³-hybridized carbons (Fsp3) is 0.269. The predicted molar refractivity (Wildman–Crippen MR) is 145 cm³/mol. The van der Waals surface area contributed by atoms with Crippen molar-refractivity contribution in [1.29, 1.82) is 0 Å². The largest absolute Gasteiger partial charge is 0.322 e. The third-order valence-electron chi connectivity index (χ3n) is 6.12. The average molecular weight is 562 g/mol. The standard InChI is InChI=1S/C26H28ClN3O5S2/c1-19-6-11-22(12-7-19)36(32,33)29-25-15-8-20(18-24(25)27)26(31)28-21-9-13-23(14-10-21)37(34,35)30-16-4-2-3-5-17-30/h6-15,18,29H,2-5,16-17H2,1H3,(H,28,31). The number of amides is 1. The average Bonchev–Trinajstić information content (AvgIpc) is 3.16. The first kappa shape index (κ1) is 27.1. The Morgan fingerprint density at radius 3 is 2.00 bits per heavy atom. The first-order valence-electron chi connectivity index (χ1n) is 11.9. The summed E-state index contributed by atoms with van der Waals surface area (Å²) in [6.45, 7) is 2.88. The van der Waals surface area contributed by atoms with Gasteiger partial charge in [-0.25, -0.2) is 16.8 Å². The Labute approximate surface area is 222 Å². The van der Waals surface area contributed by atoms with Crippen molar-refractivity contribution in [3.05, 3.63) is 82.9 Å². The third-order valence-corrected chi connectivity index (χ3v) is 9.73. The molecule has 0 atom stereocenters. The molecule has 0 spiro atoms. The van der Waals surface area contributed by atoms with Gasteiger partial charge in [0.1, 0.15) is 0 Å². The van der Waals surface area contributed by atoms with Gasteiger partial charge in [0.2, 0.25) is 10.0 Å². The number of anilines is 2. The zero-order chi connectivity index (χ0) is 26.6. The Hall–Kier alpha value is -2.92. The number of nitrogens with zero attached hydrogens (tertiary/aromatic N) is 1. The molecule has 1 aliphatic heterocycles. The lowest BCUT2D eigenvalue weighted by Gasteiger charge is -2.20. The second kappa shape index (κ2) is 11.2. The minimum absolute atomic E-state index is 0.0576. The summed E-state index contributed by atoms with van der Waals surface area (Å²) in [5, 5.41) is 2.77. The van der Waals surface area contributed by atoms with Gasteiger partial charge >= 0.3 is 0 Å². The third kappa shape index (κ3) is 6.51. The van der Waals surface area contributed by atoms with E-state index in [1.165, 1.54) is 58.9 Å². The molecule has 37 heavy (non-hydrogen) atoms. The molecule has 4 rings (SSSR count). The number of hydrogen-bond donors (Lipinski definition) is 2. The van der Waals surface area contributed by atoms with Crippen LogP contribution in [0.4, 0.5) is 11.4 Å². The monoisotopic (exact) mass is 561 g/mol. The number of halogens is 1. The van der Waals surface area contributed by atoms with Gasteiger partial charge in [-0.05, 0) is 74.4 Å². The molecule has 0 aliphatic carbocycles. The lowest BCUT2D eigenvalue weighted by Crippen LogP contribution is -2.31. The highest BCUT2D eigenvalue weighted by Gasteiger charge is 2.25. The minimum Gasteiger partial charge on any atom is -0.322 e. The van der Waals surface area contributed by atoms with Crippen molar-refractivity contribution >= 4 is 48.9 Å². The van der Waals surface area contributed by atoms with Crippen LogP contribution in [-0.4, -0.2) is 40.1 Å². The van der Waals surface area contributed by atoms with Gasteiger partial charge in [-0.3, -0.25) is 9.52 Å². The molecule has 0 radical (unpaired) electrons. The first-order chi connectivity index (χ1) is 17.6. The van der Waals surface area contributed by atoms with Crippen molar-refractivity contribution in [1.82, 2.24) is 4.31 Å². The molecule has 0 unspecified atom stereocenters. The maximum atomic E-state index is 12.9. The SMILES string of the molecule is Cc1ccc(S(=O)(=O)Nc2ccc(C(=O)Nc3ccc(S(=O)(=O)N4CCCCCC4)cc3)cc2Cl)cc1. The van der Waals surface area contributed by atoms with E-state index in [0.717, 1.165) is 31.2 Å². The number of carbonyl (C=O) groups is 1. The van der Waals surface area contributed by atoms with E-state index in [4.69, 9.17) is 11.6 Å². The van der Waals surface area contributed by atoms with E-state index in [-0.39, 0.29) is 26.1 Å². The van der Waals surface area contributed by atoms with E-state index < -0.39 is 26.0 Å². The predicted octanol–water partition coefficient (Wildman–Crippen LogP) is 5.27. The Balaban J connectivity index is 1.43. The van der Waals surface area contributed by atoms with Gasteiger partial charge in [-0.15, -0.1) is 0 Å². The van der Waals surface area contributed by atoms with E-state index in [2.05, 4.69) is 10.0 Å². The van der Waals surface area contributed by atoms with Gasteiger partial charge in [0.15, 0.2) is 0 Å². The second-order valence-corrected chi connectivity index (χ2v) is 12.9. The van der Waals surface area contributed by atoms with Gasteiger partial charge in [0.05, 0.1) is 20.5 Å². The van der Waals surface area contributed by atoms with Gasteiger partial charge < -0.3 is 5.32 Å². The van der Waals surface area contributed by atoms with Gasteiger partial charge in [-0.1, -0.05) is 42.1 Å². The normalized spacial score (nSPS) is 15.1. The summed E-state index contributed by atoms with van der Waals surface area (Å²) in [4.78, 5) is 13.0. The molecule has 11 heteroatoms. The number of benzene rings is 3. The van der Waals surface area contributed by atoms with Gasteiger partial charge in [-0.2, -0.15) is 4.31 Å². The van der Waals surface area contributed by atoms with Crippen LogP contribution in [0.1, 0.15) is 41.6 Å². The summed E-state index contributed by atoms with van der Waals surface area (Å²) in [6, 6.07) is 16.6. The summed E-state index contributed by atoms with van der Waals surface area (Å²) >= 11 is 6.27. The van der Waals surface area contributed by atoms with Crippen molar-refractivity contribution in [2.24, 2.45) is 0 Å². The molecule has 0 bridgehead atoms. The molecular formula is C26H28ClN3O5S2. The molecule has 1 amide bonds. The molecule has 1 saturated heterocycles. The Bertz CT molecular complexity index is 1480. The summed E-state index contributed by atoms with van der Waals surface area (Å²) in [6.07, 6.45) is 3.76. The maximum Gasteiger partial charge on any atom is 0.261 e. The van der Waals surface area contributed by atoms with Crippen LogP contribution in [0.15, 0.2) is 76.5 Å². The molecule has 0 aromatic heterocycles. The zero-order valence-electron chi connectivity index (χ0n) is 20.3. The summed E-state index contributed by atoms with van der Waals surface area (Å²) < 4.78 is 55.1. The second-order valence-electron chi connectivity index (χ2n) is 8.91. The van der Waals surface area contributed by atoms with Crippen molar-refractivity contribution in [2.75, 3.05) is 23.1 Å². The Kier molecular flexibility index (Phi) is 8.23. The van der Waals surface area contributed by atoms with Gasteiger partial charge in [0.25, 0.3) is 15.9 Å². The smallest absolute Gasteiger partial charge is 0.261 e. The molecule has 2 N–H and O–H groups in total. The zero-order valence-corrected chi connectivity index (χ0v) is 22.7. The number of carbonyl (C=O) groups excluding carboxylic acids is 1. The number of nitrogens with one attached hydrogen (secondary N) is 2. The van der Waals surface area contributed by atoms with Crippen LogP contribution < -0.4 is 10.0 Å². The van der Waals surface area contributed by atoms with E-state index >= 15 is 0 Å².